The molecule has 2 fully saturated rings. The van der Waals surface area contributed by atoms with Crippen LogP contribution in [-0.4, -0.2) is 121 Å². The summed E-state index contributed by atoms with van der Waals surface area (Å²) in [6, 6.07) is 23.5. The number of alkyl halides is 6. The molecule has 35 heteroatoms. The van der Waals surface area contributed by atoms with Crippen molar-refractivity contribution in [3.8, 4) is 12.0 Å². The average Bonchev–Trinajstić information content (AvgIpc) is 1.67. The second-order valence-corrected chi connectivity index (χ2v) is 20.7. The largest absolute Gasteiger partial charge is 0.478 e. The number of nitrogens with one attached hydrogen (secondary N) is 5. The van der Waals surface area contributed by atoms with Crippen molar-refractivity contribution in [2.45, 2.75) is 86.9 Å². The van der Waals surface area contributed by atoms with E-state index in [0.29, 0.717) is 47.2 Å². The predicted octanol–water partition coefficient (Wildman–Crippen LogP) is 5.81. The minimum Gasteiger partial charge on any atom is -0.478 e. The van der Waals surface area contributed by atoms with E-state index >= 15 is 0 Å². The summed E-state index contributed by atoms with van der Waals surface area (Å²) in [5, 5.41) is 24.8. The van der Waals surface area contributed by atoms with E-state index < -0.39 is 84.4 Å². The van der Waals surface area contributed by atoms with Crippen molar-refractivity contribution in [3.05, 3.63) is 129 Å². The zero-order valence-corrected chi connectivity index (χ0v) is 48.4. The normalized spacial score (nSPS) is 14.0. The lowest BCUT2D eigenvalue weighted by atomic mass is 10.1. The standard InChI is InChI=1S/C27H30ClF3N10O3.C21H17ClF3N5O3.C6H15N5O/c28-17-7-5-16(6-8-17)26(11-12-26)41-24-38-23(39-25(40-24)44-14-27(29,30)31)36-18-9-3-15(4-10-18)21(43)37-19(20(32)42)2-1-13-35-22(33)34;22-14-5-3-13(4-6-14)20(9-10-20)30-18-27-17(28-19(29-18)33-11-21(23,24)25)26-15-7-1-12(2-8-15)16(31)32;7-4(5(8)12)2-1-3-11-6(9)10/h3-10,19H,1-2,11-14H2,(H2,32,42)(H,37,43)(H4,33,34,35)(H2,36,38,39,40,41);1-8H,9-11H2,(H,31,32)(H2,26,27,28,29,30);4H,1-3,7H2,(H2,8,12)(H4,9,10,11)/t19-;;4-/m0.0/s1. The van der Waals surface area contributed by atoms with Crippen molar-refractivity contribution in [3.63, 3.8) is 0 Å². The van der Waals surface area contributed by atoms with E-state index in [1.165, 1.54) is 48.5 Å². The molecule has 2 heterocycles. The molecule has 476 valence electrons. The highest BCUT2D eigenvalue weighted by Gasteiger charge is 2.46. The number of rotatable bonds is 27. The van der Waals surface area contributed by atoms with Crippen molar-refractivity contribution in [2.24, 2.45) is 50.1 Å². The van der Waals surface area contributed by atoms with Gasteiger partial charge in [0.2, 0.25) is 35.6 Å². The third-order valence-corrected chi connectivity index (χ3v) is 13.2. The van der Waals surface area contributed by atoms with Gasteiger partial charge in [0.15, 0.2) is 25.1 Å². The number of carbonyl (C=O) groups is 4. The molecule has 2 aromatic heterocycles. The Kier molecular flexibility index (Phi) is 23.6. The molecule has 2 aliphatic rings. The van der Waals surface area contributed by atoms with Crippen LogP contribution in [0.3, 0.4) is 0 Å². The summed E-state index contributed by atoms with van der Waals surface area (Å²) in [6.07, 6.45) is -4.38. The van der Waals surface area contributed by atoms with Crippen molar-refractivity contribution in [1.82, 2.24) is 35.2 Å². The third-order valence-electron chi connectivity index (χ3n) is 12.7. The number of guanidine groups is 2. The van der Waals surface area contributed by atoms with Gasteiger partial charge in [-0.05, 0) is 135 Å². The second kappa shape index (κ2) is 30.7. The van der Waals surface area contributed by atoms with Crippen LogP contribution in [0, 0.1) is 0 Å². The molecule has 8 rings (SSSR count). The summed E-state index contributed by atoms with van der Waals surface area (Å²) in [5.74, 6) is -3.03. The highest BCUT2D eigenvalue weighted by Crippen LogP contribution is 2.49. The van der Waals surface area contributed by atoms with Crippen LogP contribution in [0.15, 0.2) is 107 Å². The van der Waals surface area contributed by atoms with E-state index in [2.05, 4.69) is 66.5 Å². The number of halogens is 8. The third kappa shape index (κ3) is 23.1. The van der Waals surface area contributed by atoms with Gasteiger partial charge in [0.05, 0.1) is 22.7 Å². The molecule has 2 saturated carbocycles. The van der Waals surface area contributed by atoms with E-state index in [-0.39, 0.29) is 59.8 Å². The van der Waals surface area contributed by atoms with Crippen LogP contribution in [0.5, 0.6) is 12.0 Å². The van der Waals surface area contributed by atoms with Gasteiger partial charge in [-0.15, -0.1) is 0 Å². The number of benzene rings is 4. The zero-order valence-electron chi connectivity index (χ0n) is 46.9. The molecular formula is C54H62Cl2F6N20O7. The van der Waals surface area contributed by atoms with Gasteiger partial charge in [-0.1, -0.05) is 47.5 Å². The maximum absolute atomic E-state index is 12.8. The molecule has 4 aromatic carbocycles. The number of aromatic carboxylic acids is 1. The number of hydrogen-bond donors (Lipinski definition) is 13. The lowest BCUT2D eigenvalue weighted by Gasteiger charge is -2.19. The topological polar surface area (TPSA) is 451 Å². The van der Waals surface area contributed by atoms with Crippen LogP contribution in [-0.2, 0) is 20.7 Å². The maximum atomic E-state index is 12.8. The number of carbonyl (C=O) groups excluding carboxylic acids is 3. The molecule has 0 spiro atoms. The van der Waals surface area contributed by atoms with Crippen LogP contribution >= 0.6 is 23.2 Å². The summed E-state index contributed by atoms with van der Waals surface area (Å²) in [6.45, 7) is -2.42. The summed E-state index contributed by atoms with van der Waals surface area (Å²) >= 11 is 12.0. The lowest BCUT2D eigenvalue weighted by molar-refractivity contribution is -0.155. The minimum absolute atomic E-state index is 0.000422. The Balaban J connectivity index is 0.000000246. The van der Waals surface area contributed by atoms with Gasteiger partial charge < -0.3 is 81.3 Å². The number of carboxylic acid groups (broad SMARTS) is 1. The van der Waals surface area contributed by atoms with Gasteiger partial charge in [-0.25, -0.2) is 4.79 Å². The molecule has 0 bridgehead atoms. The number of nitrogens with two attached hydrogens (primary N) is 7. The van der Waals surface area contributed by atoms with Crippen LogP contribution in [0.4, 0.5) is 61.5 Å². The molecule has 0 aliphatic heterocycles. The van der Waals surface area contributed by atoms with E-state index in [0.717, 1.165) is 36.8 Å². The molecule has 2 aliphatic carbocycles. The van der Waals surface area contributed by atoms with Crippen molar-refractivity contribution >= 4 is 94.0 Å². The number of nitrogens with zero attached hydrogens (tertiary/aromatic N) is 8. The number of ether oxygens (including phenoxy) is 2. The highest BCUT2D eigenvalue weighted by atomic mass is 35.5. The van der Waals surface area contributed by atoms with E-state index in [1.807, 2.05) is 24.3 Å². The monoisotopic (exact) mass is 1290 g/mol. The molecule has 27 nitrogen and oxygen atoms in total. The van der Waals surface area contributed by atoms with Crippen LogP contribution in [0.1, 0.15) is 83.2 Å². The number of carboxylic acids is 1. The van der Waals surface area contributed by atoms with Gasteiger partial charge in [0, 0.05) is 40.1 Å². The molecule has 89 heavy (non-hydrogen) atoms. The van der Waals surface area contributed by atoms with E-state index in [1.54, 1.807) is 24.3 Å². The van der Waals surface area contributed by atoms with Gasteiger partial charge in [-0.2, -0.15) is 56.2 Å². The average molecular weight is 1290 g/mol. The van der Waals surface area contributed by atoms with Crippen LogP contribution in [0.2, 0.25) is 10.0 Å². The quantitative estimate of drug-likeness (QED) is 0.0125. The fraction of sp³-hybridized carbons (Fsp3) is 0.333. The van der Waals surface area contributed by atoms with Crippen LogP contribution < -0.4 is 76.2 Å². The smallest absolute Gasteiger partial charge is 0.422 e. The fourth-order valence-corrected chi connectivity index (χ4v) is 8.15. The molecule has 2 atom stereocenters. The lowest BCUT2D eigenvalue weighted by Crippen LogP contribution is -2.44. The Bertz CT molecular complexity index is 3430. The Morgan fingerprint density at radius 2 is 0.933 bits per heavy atom. The number of anilines is 6. The summed E-state index contributed by atoms with van der Waals surface area (Å²) < 4.78 is 86.0. The zero-order chi connectivity index (χ0) is 65.1. The first kappa shape index (κ1) is 68.4. The molecule has 0 unspecified atom stereocenters. The first-order valence-electron chi connectivity index (χ1n) is 26.7. The van der Waals surface area contributed by atoms with E-state index in [4.69, 9.17) is 77.9 Å². The number of primary amides is 2. The SMILES string of the molecule is NC(=O)[C@@H](N)CCCN=C(N)N.NC(=O)[C@H](CCCN=C(N)N)NC(=O)c1ccc(Nc2nc(NC3(c4ccc(Cl)cc4)CC3)nc(OCC(F)(F)F)n2)cc1.O=C(O)c1ccc(Nc2nc(NC3(c4ccc(Cl)cc4)CC3)nc(OCC(F)(F)F)n2)cc1. The molecule has 20 N–H and O–H groups in total. The Hall–Kier alpha value is -9.76. The number of aromatic nitrogens is 6. The Labute approximate surface area is 513 Å². The highest BCUT2D eigenvalue weighted by molar-refractivity contribution is 6.30. The van der Waals surface area contributed by atoms with Gasteiger partial charge in [0.25, 0.3) is 5.91 Å². The van der Waals surface area contributed by atoms with Crippen molar-refractivity contribution < 1.29 is 60.1 Å². The molecular weight excluding hydrogens is 1230 g/mol. The first-order valence-corrected chi connectivity index (χ1v) is 27.5. The summed E-state index contributed by atoms with van der Waals surface area (Å²) in [5.41, 5.74) is 38.4. The van der Waals surface area contributed by atoms with Crippen LogP contribution in [0.25, 0.3) is 0 Å². The fourth-order valence-electron chi connectivity index (χ4n) is 7.90. The Morgan fingerprint density at radius 3 is 1.28 bits per heavy atom. The van der Waals surface area contributed by atoms with Crippen molar-refractivity contribution in [1.29, 1.82) is 0 Å². The summed E-state index contributed by atoms with van der Waals surface area (Å²) in [7, 11) is 0. The molecule has 0 saturated heterocycles. The van der Waals surface area contributed by atoms with Crippen molar-refractivity contribution in [2.75, 3.05) is 47.6 Å². The molecule has 0 radical (unpaired) electrons. The first-order chi connectivity index (χ1) is 42.0. The Morgan fingerprint density at radius 1 is 0.551 bits per heavy atom. The predicted molar refractivity (Wildman–Crippen MR) is 319 cm³/mol. The maximum Gasteiger partial charge on any atom is 0.422 e. The molecule has 6 aromatic rings. The summed E-state index contributed by atoms with van der Waals surface area (Å²) in [4.78, 5) is 78.0. The number of hydrogen-bond acceptors (Lipinski definition) is 19. The van der Waals surface area contributed by atoms with Gasteiger partial charge >= 0.3 is 30.3 Å². The van der Waals surface area contributed by atoms with Gasteiger partial charge in [-0.3, -0.25) is 24.4 Å². The van der Waals surface area contributed by atoms with Gasteiger partial charge in [0.1, 0.15) is 6.04 Å². The minimum atomic E-state index is -4.61. The number of aliphatic imine (C=N–C) groups is 2. The number of amides is 3. The molecule has 3 amide bonds. The van der Waals surface area contributed by atoms with E-state index in [9.17, 15) is 45.5 Å². The second-order valence-electron chi connectivity index (χ2n) is 19.8.